The van der Waals surface area contributed by atoms with Crippen LogP contribution < -0.4 is 5.32 Å². The Balaban J connectivity index is 1.90. The van der Waals surface area contributed by atoms with E-state index in [2.05, 4.69) is 10.3 Å². The van der Waals surface area contributed by atoms with Gasteiger partial charge >= 0.3 is 12.0 Å². The number of aliphatic carboxylic acids is 1. The molecule has 1 aliphatic heterocycles. The Kier molecular flexibility index (Phi) is 4.22. The Hall–Kier alpha value is -2.11. The summed E-state index contributed by atoms with van der Waals surface area (Å²) in [7, 11) is 0. The standard InChI is InChI=1S/C14H19N3O3/c1-2-14(12(18)19)6-8-17(10-14)13(20)16-9-11-5-3-4-7-15-11/h3-5,7H,2,6,8-10H2,1H3,(H,16,20)(H,18,19). The molecule has 20 heavy (non-hydrogen) atoms. The minimum Gasteiger partial charge on any atom is -0.481 e. The highest BCUT2D eigenvalue weighted by Gasteiger charge is 2.44. The highest BCUT2D eigenvalue weighted by molar-refractivity contribution is 5.79. The van der Waals surface area contributed by atoms with Crippen LogP contribution in [-0.4, -0.2) is 40.1 Å². The molecule has 2 heterocycles. The fourth-order valence-electron chi connectivity index (χ4n) is 2.44. The van der Waals surface area contributed by atoms with Gasteiger partial charge in [-0.15, -0.1) is 0 Å². The number of rotatable bonds is 4. The first kappa shape index (κ1) is 14.3. The number of hydrogen-bond donors (Lipinski definition) is 2. The maximum atomic E-state index is 12.0. The Morgan fingerprint density at radius 1 is 1.50 bits per heavy atom. The van der Waals surface area contributed by atoms with E-state index in [4.69, 9.17) is 0 Å². The molecule has 1 aromatic rings. The lowest BCUT2D eigenvalue weighted by Gasteiger charge is -2.23. The van der Waals surface area contributed by atoms with Crippen LogP contribution in [0.4, 0.5) is 4.79 Å². The number of nitrogens with one attached hydrogen (secondary N) is 1. The van der Waals surface area contributed by atoms with E-state index >= 15 is 0 Å². The molecule has 2 rings (SSSR count). The van der Waals surface area contributed by atoms with Crippen LogP contribution >= 0.6 is 0 Å². The first-order valence-corrected chi connectivity index (χ1v) is 6.73. The summed E-state index contributed by atoms with van der Waals surface area (Å²) in [6.45, 7) is 2.95. The number of likely N-dealkylation sites (tertiary alicyclic amines) is 1. The van der Waals surface area contributed by atoms with Crippen LogP contribution in [0.15, 0.2) is 24.4 Å². The van der Waals surface area contributed by atoms with E-state index in [-0.39, 0.29) is 12.6 Å². The molecule has 0 radical (unpaired) electrons. The summed E-state index contributed by atoms with van der Waals surface area (Å²) < 4.78 is 0. The molecule has 1 fully saturated rings. The fraction of sp³-hybridized carbons (Fsp3) is 0.500. The van der Waals surface area contributed by atoms with Gasteiger partial charge in [-0.2, -0.15) is 0 Å². The molecule has 2 N–H and O–H groups in total. The molecular formula is C14H19N3O3. The Bertz CT molecular complexity index is 492. The van der Waals surface area contributed by atoms with E-state index in [1.165, 1.54) is 0 Å². The van der Waals surface area contributed by atoms with Gasteiger partial charge in [0.05, 0.1) is 17.7 Å². The number of carboxylic acids is 1. The number of carboxylic acid groups (broad SMARTS) is 1. The summed E-state index contributed by atoms with van der Waals surface area (Å²) in [4.78, 5) is 29.1. The molecule has 0 bridgehead atoms. The van der Waals surface area contributed by atoms with Gasteiger partial charge < -0.3 is 15.3 Å². The van der Waals surface area contributed by atoms with E-state index < -0.39 is 11.4 Å². The molecule has 0 aliphatic carbocycles. The molecule has 108 valence electrons. The molecule has 1 aromatic heterocycles. The summed E-state index contributed by atoms with van der Waals surface area (Å²) >= 11 is 0. The van der Waals surface area contributed by atoms with Gasteiger partial charge in [0.15, 0.2) is 0 Å². The average molecular weight is 277 g/mol. The number of carbonyl (C=O) groups is 2. The number of carbonyl (C=O) groups excluding carboxylic acids is 1. The van der Waals surface area contributed by atoms with Crippen molar-refractivity contribution in [3.05, 3.63) is 30.1 Å². The molecule has 1 aliphatic rings. The Morgan fingerprint density at radius 2 is 2.30 bits per heavy atom. The Labute approximate surface area is 117 Å². The minimum absolute atomic E-state index is 0.229. The van der Waals surface area contributed by atoms with Gasteiger partial charge in [0.2, 0.25) is 0 Å². The van der Waals surface area contributed by atoms with Crippen LogP contribution in [-0.2, 0) is 11.3 Å². The number of urea groups is 1. The third kappa shape index (κ3) is 2.89. The van der Waals surface area contributed by atoms with Crippen molar-refractivity contribution in [2.45, 2.75) is 26.3 Å². The van der Waals surface area contributed by atoms with Gasteiger partial charge in [-0.25, -0.2) is 4.79 Å². The molecule has 1 unspecified atom stereocenters. The minimum atomic E-state index is -0.819. The van der Waals surface area contributed by atoms with E-state index in [1.54, 1.807) is 11.1 Å². The highest BCUT2D eigenvalue weighted by atomic mass is 16.4. The topological polar surface area (TPSA) is 82.5 Å². The van der Waals surface area contributed by atoms with Crippen molar-refractivity contribution in [1.82, 2.24) is 15.2 Å². The zero-order valence-corrected chi connectivity index (χ0v) is 11.5. The summed E-state index contributed by atoms with van der Waals surface area (Å²) in [5.74, 6) is -0.819. The first-order valence-electron chi connectivity index (χ1n) is 6.73. The first-order chi connectivity index (χ1) is 9.57. The van der Waals surface area contributed by atoms with Crippen molar-refractivity contribution in [3.63, 3.8) is 0 Å². The van der Waals surface area contributed by atoms with Crippen molar-refractivity contribution < 1.29 is 14.7 Å². The number of amides is 2. The quantitative estimate of drug-likeness (QED) is 0.873. The molecule has 1 atom stereocenters. The predicted molar refractivity (Wildman–Crippen MR) is 73.0 cm³/mol. The van der Waals surface area contributed by atoms with E-state index in [0.717, 1.165) is 5.69 Å². The molecular weight excluding hydrogens is 258 g/mol. The van der Waals surface area contributed by atoms with Gasteiger partial charge in [0, 0.05) is 19.3 Å². The number of hydrogen-bond acceptors (Lipinski definition) is 3. The van der Waals surface area contributed by atoms with E-state index in [9.17, 15) is 14.7 Å². The summed E-state index contributed by atoms with van der Waals surface area (Å²) in [5.41, 5.74) is -0.0115. The van der Waals surface area contributed by atoms with Gasteiger partial charge in [0.1, 0.15) is 0 Å². The maximum absolute atomic E-state index is 12.0. The van der Waals surface area contributed by atoms with Crippen molar-refractivity contribution >= 4 is 12.0 Å². The van der Waals surface area contributed by atoms with Crippen LogP contribution in [0.3, 0.4) is 0 Å². The second-order valence-electron chi connectivity index (χ2n) is 5.09. The molecule has 1 saturated heterocycles. The lowest BCUT2D eigenvalue weighted by molar-refractivity contribution is -0.148. The van der Waals surface area contributed by atoms with Gasteiger partial charge in [-0.3, -0.25) is 9.78 Å². The van der Waals surface area contributed by atoms with Crippen molar-refractivity contribution in [3.8, 4) is 0 Å². The lowest BCUT2D eigenvalue weighted by Crippen LogP contribution is -2.41. The maximum Gasteiger partial charge on any atom is 0.317 e. The summed E-state index contributed by atoms with van der Waals surface area (Å²) in [6.07, 6.45) is 2.71. The van der Waals surface area contributed by atoms with Crippen LogP contribution in [0.25, 0.3) is 0 Å². The average Bonchev–Trinajstić information content (AvgIpc) is 2.92. The van der Waals surface area contributed by atoms with Gasteiger partial charge in [0.25, 0.3) is 0 Å². The zero-order valence-electron chi connectivity index (χ0n) is 11.5. The molecule has 0 aromatic carbocycles. The molecule has 0 spiro atoms. The predicted octanol–water partition coefficient (Wildman–Crippen LogP) is 1.48. The molecule has 0 saturated carbocycles. The number of aromatic nitrogens is 1. The number of pyridine rings is 1. The number of nitrogens with zero attached hydrogens (tertiary/aromatic N) is 2. The van der Waals surface area contributed by atoms with Crippen LogP contribution in [0.2, 0.25) is 0 Å². The monoisotopic (exact) mass is 277 g/mol. The molecule has 6 nitrogen and oxygen atoms in total. The Morgan fingerprint density at radius 3 is 2.85 bits per heavy atom. The van der Waals surface area contributed by atoms with Crippen molar-refractivity contribution in [2.24, 2.45) is 5.41 Å². The van der Waals surface area contributed by atoms with Gasteiger partial charge in [-0.05, 0) is 25.0 Å². The second kappa shape index (κ2) is 5.90. The van der Waals surface area contributed by atoms with Gasteiger partial charge in [-0.1, -0.05) is 13.0 Å². The molecule has 6 heteroatoms. The largest absolute Gasteiger partial charge is 0.481 e. The zero-order chi connectivity index (χ0) is 14.6. The summed E-state index contributed by atoms with van der Waals surface area (Å²) in [6, 6.07) is 5.27. The van der Waals surface area contributed by atoms with Crippen molar-refractivity contribution in [2.75, 3.05) is 13.1 Å². The van der Waals surface area contributed by atoms with Crippen molar-refractivity contribution in [1.29, 1.82) is 0 Å². The molecule has 2 amide bonds. The second-order valence-corrected chi connectivity index (χ2v) is 5.09. The third-order valence-corrected chi connectivity index (χ3v) is 3.92. The third-order valence-electron chi connectivity index (χ3n) is 3.92. The fourth-order valence-corrected chi connectivity index (χ4v) is 2.44. The normalized spacial score (nSPS) is 21.8. The smallest absolute Gasteiger partial charge is 0.317 e. The van der Waals surface area contributed by atoms with Crippen LogP contribution in [0, 0.1) is 5.41 Å². The van der Waals surface area contributed by atoms with Crippen LogP contribution in [0.1, 0.15) is 25.5 Å². The lowest BCUT2D eigenvalue weighted by atomic mass is 9.84. The van der Waals surface area contributed by atoms with E-state index in [1.807, 2.05) is 25.1 Å². The SMILES string of the molecule is CCC1(C(=O)O)CCN(C(=O)NCc2ccccn2)C1. The van der Waals surface area contributed by atoms with Crippen LogP contribution in [0.5, 0.6) is 0 Å². The highest BCUT2D eigenvalue weighted by Crippen LogP contribution is 2.34. The van der Waals surface area contributed by atoms with E-state index in [0.29, 0.717) is 25.9 Å². The summed E-state index contributed by atoms with van der Waals surface area (Å²) in [5, 5.41) is 12.1.